The zero-order chi connectivity index (χ0) is 15.8. The number of hydrogen-bond donors (Lipinski definition) is 2. The van der Waals surface area contributed by atoms with Crippen LogP contribution in [-0.2, 0) is 11.3 Å². The molecule has 0 aliphatic carbocycles. The molecule has 0 unspecified atom stereocenters. The number of amides is 2. The molecule has 21 heavy (non-hydrogen) atoms. The topological polar surface area (TPSA) is 82.5 Å². The predicted octanol–water partition coefficient (Wildman–Crippen LogP) is 2.17. The van der Waals surface area contributed by atoms with Gasteiger partial charge in [-0.25, -0.2) is 4.79 Å². The molecule has 0 aliphatic heterocycles. The van der Waals surface area contributed by atoms with Crippen molar-refractivity contribution in [1.29, 1.82) is 0 Å². The van der Waals surface area contributed by atoms with E-state index in [9.17, 15) is 9.59 Å². The van der Waals surface area contributed by atoms with Crippen LogP contribution in [0.1, 0.15) is 38.1 Å². The van der Waals surface area contributed by atoms with Crippen LogP contribution in [0.3, 0.4) is 0 Å². The fourth-order valence-electron chi connectivity index (χ4n) is 1.96. The van der Waals surface area contributed by atoms with Gasteiger partial charge >= 0.3 is 12.0 Å². The molecular weight excluding hydrogens is 270 g/mol. The van der Waals surface area contributed by atoms with E-state index in [2.05, 4.69) is 10.3 Å². The molecule has 1 aromatic rings. The van der Waals surface area contributed by atoms with Crippen LogP contribution in [0.4, 0.5) is 4.79 Å². The van der Waals surface area contributed by atoms with Crippen LogP contribution in [0, 0.1) is 6.92 Å². The second-order valence-corrected chi connectivity index (χ2v) is 5.21. The van der Waals surface area contributed by atoms with Crippen molar-refractivity contribution in [3.8, 4) is 0 Å². The van der Waals surface area contributed by atoms with Gasteiger partial charge in [0, 0.05) is 24.7 Å². The third kappa shape index (κ3) is 6.25. The number of rotatable bonds is 7. The Morgan fingerprint density at radius 2 is 2.10 bits per heavy atom. The smallest absolute Gasteiger partial charge is 0.317 e. The van der Waals surface area contributed by atoms with Crippen molar-refractivity contribution in [2.24, 2.45) is 0 Å². The fraction of sp³-hybridized carbons (Fsp3) is 0.533. The number of aliphatic carboxylic acids is 1. The minimum absolute atomic E-state index is 0.0178. The number of hydrogen-bond acceptors (Lipinski definition) is 3. The lowest BCUT2D eigenvalue weighted by molar-refractivity contribution is -0.137. The van der Waals surface area contributed by atoms with E-state index in [-0.39, 0.29) is 18.5 Å². The predicted molar refractivity (Wildman–Crippen MR) is 79.9 cm³/mol. The molecule has 1 rings (SSSR count). The molecule has 0 spiro atoms. The van der Waals surface area contributed by atoms with Gasteiger partial charge in [0.2, 0.25) is 0 Å². The summed E-state index contributed by atoms with van der Waals surface area (Å²) in [7, 11) is 0. The second kappa shape index (κ2) is 8.24. The number of carboxylic acids is 1. The Balaban J connectivity index is 2.50. The number of pyridine rings is 1. The van der Waals surface area contributed by atoms with Crippen LogP contribution in [-0.4, -0.2) is 39.6 Å². The van der Waals surface area contributed by atoms with E-state index in [0.717, 1.165) is 11.4 Å². The summed E-state index contributed by atoms with van der Waals surface area (Å²) in [5, 5.41) is 11.5. The first-order valence-electron chi connectivity index (χ1n) is 7.09. The maximum Gasteiger partial charge on any atom is 0.317 e. The lowest BCUT2D eigenvalue weighted by Gasteiger charge is -2.26. The molecule has 6 heteroatoms. The first-order chi connectivity index (χ1) is 9.90. The highest BCUT2D eigenvalue weighted by Gasteiger charge is 2.16. The Morgan fingerprint density at radius 1 is 1.38 bits per heavy atom. The van der Waals surface area contributed by atoms with E-state index in [1.54, 1.807) is 4.90 Å². The summed E-state index contributed by atoms with van der Waals surface area (Å²) in [6.07, 6.45) is 0.513. The first kappa shape index (κ1) is 16.9. The van der Waals surface area contributed by atoms with Gasteiger partial charge in [-0.1, -0.05) is 6.07 Å². The van der Waals surface area contributed by atoms with E-state index in [4.69, 9.17) is 5.11 Å². The summed E-state index contributed by atoms with van der Waals surface area (Å²) in [5.74, 6) is -0.844. The van der Waals surface area contributed by atoms with Gasteiger partial charge in [0.15, 0.2) is 0 Å². The summed E-state index contributed by atoms with van der Waals surface area (Å²) in [6.45, 7) is 6.51. The second-order valence-electron chi connectivity index (χ2n) is 5.21. The minimum Gasteiger partial charge on any atom is -0.481 e. The highest BCUT2D eigenvalue weighted by molar-refractivity contribution is 5.74. The van der Waals surface area contributed by atoms with Gasteiger partial charge in [0.25, 0.3) is 0 Å². The van der Waals surface area contributed by atoms with Crippen molar-refractivity contribution < 1.29 is 14.7 Å². The maximum atomic E-state index is 12.2. The largest absolute Gasteiger partial charge is 0.481 e. The maximum absolute atomic E-state index is 12.2. The van der Waals surface area contributed by atoms with Crippen molar-refractivity contribution in [3.05, 3.63) is 29.6 Å². The quantitative estimate of drug-likeness (QED) is 0.807. The lowest BCUT2D eigenvalue weighted by atomic mass is 10.2. The Labute approximate surface area is 125 Å². The highest BCUT2D eigenvalue weighted by atomic mass is 16.4. The number of aromatic nitrogens is 1. The molecule has 2 amide bonds. The average molecular weight is 293 g/mol. The summed E-state index contributed by atoms with van der Waals surface area (Å²) >= 11 is 0. The molecule has 0 aliphatic rings. The van der Waals surface area contributed by atoms with Crippen LogP contribution in [0.2, 0.25) is 0 Å². The molecular formula is C15H23N3O3. The first-order valence-corrected chi connectivity index (χ1v) is 7.09. The van der Waals surface area contributed by atoms with E-state index in [1.807, 2.05) is 39.0 Å². The third-order valence-electron chi connectivity index (χ3n) is 3.04. The zero-order valence-electron chi connectivity index (χ0n) is 12.8. The number of aryl methyl sites for hydroxylation is 1. The SMILES string of the molecule is Cc1cccc(CNC(=O)N(CCCC(=O)O)C(C)C)n1. The Morgan fingerprint density at radius 3 is 2.67 bits per heavy atom. The Hall–Kier alpha value is -2.11. The molecule has 116 valence electrons. The molecule has 0 saturated heterocycles. The molecule has 0 radical (unpaired) electrons. The van der Waals surface area contributed by atoms with Gasteiger partial charge in [-0.05, 0) is 39.3 Å². The average Bonchev–Trinajstić information content (AvgIpc) is 2.40. The van der Waals surface area contributed by atoms with Gasteiger partial charge in [-0.15, -0.1) is 0 Å². The minimum atomic E-state index is -0.844. The van der Waals surface area contributed by atoms with Crippen molar-refractivity contribution in [2.75, 3.05) is 6.54 Å². The molecule has 0 saturated carbocycles. The highest BCUT2D eigenvalue weighted by Crippen LogP contribution is 2.04. The molecule has 0 bridgehead atoms. The molecule has 2 N–H and O–H groups in total. The fourth-order valence-corrected chi connectivity index (χ4v) is 1.96. The molecule has 1 heterocycles. The van der Waals surface area contributed by atoms with Crippen LogP contribution in [0.25, 0.3) is 0 Å². The summed E-state index contributed by atoms with van der Waals surface area (Å²) in [6, 6.07) is 5.48. The van der Waals surface area contributed by atoms with Gasteiger partial charge in [0.1, 0.15) is 0 Å². The summed E-state index contributed by atoms with van der Waals surface area (Å²) < 4.78 is 0. The van der Waals surface area contributed by atoms with Crippen molar-refractivity contribution in [1.82, 2.24) is 15.2 Å². The standard InChI is InChI=1S/C15H23N3O3/c1-11(2)18(9-5-8-14(19)20)15(21)16-10-13-7-4-6-12(3)17-13/h4,6-7,11H,5,8-10H2,1-3H3,(H,16,21)(H,19,20). The van der Waals surface area contributed by atoms with Crippen molar-refractivity contribution in [2.45, 2.75) is 46.2 Å². The van der Waals surface area contributed by atoms with Gasteiger partial charge < -0.3 is 15.3 Å². The lowest BCUT2D eigenvalue weighted by Crippen LogP contribution is -2.44. The number of nitrogens with zero attached hydrogens (tertiary/aromatic N) is 2. The Bertz CT molecular complexity index is 489. The van der Waals surface area contributed by atoms with E-state index < -0.39 is 5.97 Å². The number of nitrogens with one attached hydrogen (secondary N) is 1. The number of urea groups is 1. The van der Waals surface area contributed by atoms with E-state index in [1.165, 1.54) is 0 Å². The summed E-state index contributed by atoms with van der Waals surface area (Å²) in [4.78, 5) is 28.7. The number of carbonyl (C=O) groups is 2. The molecule has 1 aromatic heterocycles. The third-order valence-corrected chi connectivity index (χ3v) is 3.04. The molecule has 0 atom stereocenters. The van der Waals surface area contributed by atoms with Crippen LogP contribution >= 0.6 is 0 Å². The van der Waals surface area contributed by atoms with Crippen LogP contribution in [0.5, 0.6) is 0 Å². The van der Waals surface area contributed by atoms with Gasteiger partial charge in [0.05, 0.1) is 12.2 Å². The van der Waals surface area contributed by atoms with Crippen LogP contribution in [0.15, 0.2) is 18.2 Å². The molecule has 0 aromatic carbocycles. The van der Waals surface area contributed by atoms with E-state index in [0.29, 0.717) is 19.5 Å². The van der Waals surface area contributed by atoms with Crippen molar-refractivity contribution in [3.63, 3.8) is 0 Å². The molecule has 6 nitrogen and oxygen atoms in total. The molecule has 0 fully saturated rings. The van der Waals surface area contributed by atoms with E-state index >= 15 is 0 Å². The normalized spacial score (nSPS) is 10.5. The van der Waals surface area contributed by atoms with Gasteiger partial charge in [-0.2, -0.15) is 0 Å². The monoisotopic (exact) mass is 293 g/mol. The zero-order valence-corrected chi connectivity index (χ0v) is 12.8. The summed E-state index contributed by atoms with van der Waals surface area (Å²) in [5.41, 5.74) is 1.71. The number of carboxylic acid groups (broad SMARTS) is 1. The van der Waals surface area contributed by atoms with Gasteiger partial charge in [-0.3, -0.25) is 9.78 Å². The number of carbonyl (C=O) groups excluding carboxylic acids is 1. The van der Waals surface area contributed by atoms with Crippen LogP contribution < -0.4 is 5.32 Å². The van der Waals surface area contributed by atoms with Crippen molar-refractivity contribution >= 4 is 12.0 Å². The Kier molecular flexibility index (Phi) is 6.65.